The van der Waals surface area contributed by atoms with Gasteiger partial charge in [-0.2, -0.15) is 0 Å². The maximum atomic E-state index is 12.5. The molecule has 34 heavy (non-hydrogen) atoms. The minimum absolute atomic E-state index is 0.0631. The summed E-state index contributed by atoms with van der Waals surface area (Å²) in [5.74, 6) is 1.66. The summed E-state index contributed by atoms with van der Waals surface area (Å²) < 4.78 is 22.0. The van der Waals surface area contributed by atoms with Gasteiger partial charge in [0, 0.05) is 10.7 Å². The Bertz CT molecular complexity index is 1170. The Labute approximate surface area is 201 Å². The molecule has 1 aliphatic heterocycles. The summed E-state index contributed by atoms with van der Waals surface area (Å²) in [6.45, 7) is 0.320. The van der Waals surface area contributed by atoms with Crippen LogP contribution in [0.25, 0.3) is 0 Å². The molecule has 0 bridgehead atoms. The van der Waals surface area contributed by atoms with E-state index in [-0.39, 0.29) is 31.6 Å². The molecule has 176 valence electrons. The van der Waals surface area contributed by atoms with E-state index in [4.69, 9.17) is 30.5 Å². The molecule has 8 nitrogen and oxygen atoms in total. The number of carbonyl (C=O) groups is 2. The lowest BCUT2D eigenvalue weighted by molar-refractivity contribution is -0.121. The number of nitrogens with zero attached hydrogens (tertiary/aromatic N) is 1. The Morgan fingerprint density at radius 3 is 2.59 bits per heavy atom. The maximum Gasteiger partial charge on any atom is 0.265 e. The largest absolute Gasteiger partial charge is 0.493 e. The van der Waals surface area contributed by atoms with Gasteiger partial charge in [0.25, 0.3) is 11.8 Å². The molecule has 1 aliphatic rings. The number of hydrogen-bond acceptors (Lipinski definition) is 6. The normalized spacial score (nSPS) is 12.4. The van der Waals surface area contributed by atoms with E-state index < -0.39 is 0 Å². The number of methoxy groups -OCH3 is 1. The third kappa shape index (κ3) is 5.71. The van der Waals surface area contributed by atoms with E-state index in [1.165, 1.54) is 7.11 Å². The summed E-state index contributed by atoms with van der Waals surface area (Å²) in [6.07, 6.45) is 0. The van der Waals surface area contributed by atoms with Crippen molar-refractivity contribution in [3.63, 3.8) is 0 Å². The predicted molar refractivity (Wildman–Crippen MR) is 128 cm³/mol. The molecule has 0 saturated carbocycles. The van der Waals surface area contributed by atoms with Crippen LogP contribution in [0, 0.1) is 0 Å². The Morgan fingerprint density at radius 2 is 1.82 bits per heavy atom. The van der Waals surface area contributed by atoms with E-state index in [0.717, 1.165) is 0 Å². The fourth-order valence-electron chi connectivity index (χ4n) is 3.39. The van der Waals surface area contributed by atoms with Crippen molar-refractivity contribution in [2.24, 2.45) is 0 Å². The molecule has 3 aromatic carbocycles. The van der Waals surface area contributed by atoms with Gasteiger partial charge in [-0.15, -0.1) is 0 Å². The number of carbonyl (C=O) groups excluding carboxylic acids is 2. The smallest absolute Gasteiger partial charge is 0.265 e. The van der Waals surface area contributed by atoms with Crippen LogP contribution < -0.4 is 29.2 Å². The third-order valence-corrected chi connectivity index (χ3v) is 5.26. The molecule has 0 atom stereocenters. The van der Waals surface area contributed by atoms with Gasteiger partial charge in [-0.05, 0) is 54.6 Å². The average molecular weight is 483 g/mol. The van der Waals surface area contributed by atoms with Gasteiger partial charge in [0.1, 0.15) is 18.1 Å². The van der Waals surface area contributed by atoms with Crippen molar-refractivity contribution in [1.82, 2.24) is 0 Å². The SMILES string of the molecule is COc1ccccc1OCC(=O)Nc1ccc2c(c1)N(CCOc1ccc(Cl)cc1)C(=O)CO2. The zero-order chi connectivity index (χ0) is 23.9. The molecule has 4 rings (SSSR count). The fourth-order valence-corrected chi connectivity index (χ4v) is 3.52. The number of ether oxygens (including phenoxy) is 4. The monoisotopic (exact) mass is 482 g/mol. The van der Waals surface area contributed by atoms with Gasteiger partial charge < -0.3 is 29.2 Å². The molecule has 1 heterocycles. The van der Waals surface area contributed by atoms with Crippen LogP contribution in [0.5, 0.6) is 23.0 Å². The Hall–Kier alpha value is -3.91. The summed E-state index contributed by atoms with van der Waals surface area (Å²) in [5.41, 5.74) is 1.06. The molecule has 0 fully saturated rings. The highest BCUT2D eigenvalue weighted by atomic mass is 35.5. The number of amides is 2. The lowest BCUT2D eigenvalue weighted by Gasteiger charge is -2.29. The Balaban J connectivity index is 1.38. The van der Waals surface area contributed by atoms with Gasteiger partial charge in [0.2, 0.25) is 0 Å². The minimum Gasteiger partial charge on any atom is -0.493 e. The van der Waals surface area contributed by atoms with Crippen LogP contribution in [0.4, 0.5) is 11.4 Å². The molecular weight excluding hydrogens is 460 g/mol. The van der Waals surface area contributed by atoms with Crippen molar-refractivity contribution in [1.29, 1.82) is 0 Å². The molecule has 0 spiro atoms. The van der Waals surface area contributed by atoms with Crippen molar-refractivity contribution >= 4 is 34.8 Å². The highest BCUT2D eigenvalue weighted by Crippen LogP contribution is 2.34. The van der Waals surface area contributed by atoms with Gasteiger partial charge in [0.15, 0.2) is 24.7 Å². The fraction of sp³-hybridized carbons (Fsp3) is 0.200. The maximum absolute atomic E-state index is 12.5. The minimum atomic E-state index is -0.355. The molecule has 0 unspecified atom stereocenters. The number of hydrogen-bond donors (Lipinski definition) is 1. The zero-order valence-electron chi connectivity index (χ0n) is 18.5. The number of anilines is 2. The highest BCUT2D eigenvalue weighted by molar-refractivity contribution is 6.30. The first-order chi connectivity index (χ1) is 16.5. The zero-order valence-corrected chi connectivity index (χ0v) is 19.2. The van der Waals surface area contributed by atoms with Crippen LogP contribution in [0.1, 0.15) is 0 Å². The molecule has 0 saturated heterocycles. The second-order valence-corrected chi connectivity index (χ2v) is 7.74. The van der Waals surface area contributed by atoms with Crippen molar-refractivity contribution in [2.45, 2.75) is 0 Å². The van der Waals surface area contributed by atoms with Crippen molar-refractivity contribution in [2.75, 3.05) is 43.7 Å². The van der Waals surface area contributed by atoms with Gasteiger partial charge in [0.05, 0.1) is 19.3 Å². The van der Waals surface area contributed by atoms with E-state index >= 15 is 0 Å². The third-order valence-electron chi connectivity index (χ3n) is 5.01. The van der Waals surface area contributed by atoms with Crippen LogP contribution in [0.3, 0.4) is 0 Å². The van der Waals surface area contributed by atoms with Crippen LogP contribution in [0.2, 0.25) is 5.02 Å². The number of fused-ring (bicyclic) bond motifs is 1. The van der Waals surface area contributed by atoms with Crippen molar-refractivity contribution in [3.05, 3.63) is 71.8 Å². The summed E-state index contributed by atoms with van der Waals surface area (Å²) >= 11 is 5.89. The number of rotatable bonds is 9. The van der Waals surface area contributed by atoms with Crippen molar-refractivity contribution < 1.29 is 28.5 Å². The molecule has 1 N–H and O–H groups in total. The summed E-state index contributed by atoms with van der Waals surface area (Å²) in [4.78, 5) is 26.5. The van der Waals surface area contributed by atoms with Gasteiger partial charge in [-0.3, -0.25) is 9.59 Å². The molecule has 3 aromatic rings. The second-order valence-electron chi connectivity index (χ2n) is 7.31. The first-order valence-electron chi connectivity index (χ1n) is 10.5. The average Bonchev–Trinajstić information content (AvgIpc) is 2.85. The van der Waals surface area contributed by atoms with Gasteiger partial charge in [-0.1, -0.05) is 23.7 Å². The number of para-hydroxylation sites is 2. The van der Waals surface area contributed by atoms with E-state index in [1.807, 2.05) is 6.07 Å². The lowest BCUT2D eigenvalue weighted by Crippen LogP contribution is -2.41. The van der Waals surface area contributed by atoms with Gasteiger partial charge in [-0.25, -0.2) is 0 Å². The predicted octanol–water partition coefficient (Wildman–Crippen LogP) is 4.17. The summed E-state index contributed by atoms with van der Waals surface area (Å²) in [5, 5.41) is 3.40. The molecule has 0 radical (unpaired) electrons. The number of nitrogens with one attached hydrogen (secondary N) is 1. The molecule has 9 heteroatoms. The van der Waals surface area contributed by atoms with Crippen LogP contribution in [0.15, 0.2) is 66.7 Å². The molecule has 0 aliphatic carbocycles. The van der Waals surface area contributed by atoms with E-state index in [9.17, 15) is 9.59 Å². The van der Waals surface area contributed by atoms with Crippen LogP contribution in [-0.4, -0.2) is 45.3 Å². The quantitative estimate of drug-likeness (QED) is 0.492. The Morgan fingerprint density at radius 1 is 1.06 bits per heavy atom. The number of halogens is 1. The van der Waals surface area contributed by atoms with Crippen LogP contribution >= 0.6 is 11.6 Å². The van der Waals surface area contributed by atoms with Gasteiger partial charge >= 0.3 is 0 Å². The van der Waals surface area contributed by atoms with E-state index in [0.29, 0.717) is 45.9 Å². The van der Waals surface area contributed by atoms with Crippen molar-refractivity contribution in [3.8, 4) is 23.0 Å². The molecule has 2 amide bonds. The first-order valence-corrected chi connectivity index (χ1v) is 10.9. The van der Waals surface area contributed by atoms with E-state index in [2.05, 4.69) is 5.32 Å². The second kappa shape index (κ2) is 10.8. The number of benzene rings is 3. The Kier molecular flexibility index (Phi) is 7.39. The first kappa shape index (κ1) is 23.3. The van der Waals surface area contributed by atoms with E-state index in [1.54, 1.807) is 65.6 Å². The topological polar surface area (TPSA) is 86.3 Å². The summed E-state index contributed by atoms with van der Waals surface area (Å²) in [6, 6.07) is 19.2. The molecular formula is C25H23ClN2O6. The summed E-state index contributed by atoms with van der Waals surface area (Å²) in [7, 11) is 1.53. The lowest BCUT2D eigenvalue weighted by atomic mass is 10.2. The molecule has 0 aromatic heterocycles. The van der Waals surface area contributed by atoms with Crippen LogP contribution in [-0.2, 0) is 9.59 Å². The highest BCUT2D eigenvalue weighted by Gasteiger charge is 2.26. The standard InChI is InChI=1S/C25H23ClN2O6/c1-31-22-4-2-3-5-23(22)33-15-24(29)27-18-8-11-21-20(14-18)28(25(30)16-34-21)12-13-32-19-9-6-17(26)7-10-19/h2-11,14H,12-13,15-16H2,1H3,(H,27,29).